The number of rotatable bonds is 0. The Bertz CT molecular complexity index is 413. The zero-order chi connectivity index (χ0) is 12.1. The van der Waals surface area contributed by atoms with Crippen molar-refractivity contribution in [1.29, 1.82) is 0 Å². The zero-order valence-corrected chi connectivity index (χ0v) is 14.9. The van der Waals surface area contributed by atoms with Gasteiger partial charge in [-0.15, -0.1) is 31.7 Å². The molecule has 4 heteroatoms. The monoisotopic (exact) mass is 335 g/mol. The second-order valence-corrected chi connectivity index (χ2v) is 4.13. The summed E-state index contributed by atoms with van der Waals surface area (Å²) < 4.78 is 0. The standard InChI is InChI=1S/C9H13.C6H6O.2ClH.Ti/c1-6-5-7(2)9(4)8(6)3;7-6-4-2-1-3-5-6;;;/h6H,1-4H3;1-5,7H;2*1H;/q-1;;;;. The van der Waals surface area contributed by atoms with Crippen LogP contribution in [0.15, 0.2) is 47.1 Å². The molecule has 1 unspecified atom stereocenters. The summed E-state index contributed by atoms with van der Waals surface area (Å²) in [5, 5.41) is 8.63. The maximum Gasteiger partial charge on any atom is 0.115 e. The first-order valence-electron chi connectivity index (χ1n) is 5.54. The van der Waals surface area contributed by atoms with E-state index in [4.69, 9.17) is 5.11 Å². The summed E-state index contributed by atoms with van der Waals surface area (Å²) in [4.78, 5) is 0. The first-order valence-corrected chi connectivity index (χ1v) is 5.54. The van der Waals surface area contributed by atoms with Crippen LogP contribution in [0.5, 0.6) is 5.75 Å². The van der Waals surface area contributed by atoms with Gasteiger partial charge in [0.1, 0.15) is 5.75 Å². The summed E-state index contributed by atoms with van der Waals surface area (Å²) in [6.45, 7) is 8.67. The molecule has 106 valence electrons. The van der Waals surface area contributed by atoms with Gasteiger partial charge < -0.3 is 5.11 Å². The van der Waals surface area contributed by atoms with Crippen molar-refractivity contribution in [2.45, 2.75) is 27.7 Å². The number of aromatic hydroxyl groups is 1. The average molecular weight is 336 g/mol. The number of hydrogen-bond acceptors (Lipinski definition) is 1. The van der Waals surface area contributed by atoms with Gasteiger partial charge in [0.2, 0.25) is 0 Å². The van der Waals surface area contributed by atoms with Crippen LogP contribution in [0.2, 0.25) is 0 Å². The number of hydrogen-bond donors (Lipinski definition) is 1. The van der Waals surface area contributed by atoms with Crippen molar-refractivity contribution in [2.75, 3.05) is 0 Å². The molecule has 0 bridgehead atoms. The summed E-state index contributed by atoms with van der Waals surface area (Å²) >= 11 is 0. The van der Waals surface area contributed by atoms with Gasteiger partial charge in [-0.3, -0.25) is 6.08 Å². The third-order valence-electron chi connectivity index (χ3n) is 2.99. The summed E-state index contributed by atoms with van der Waals surface area (Å²) in [7, 11) is 0. The molecule has 0 saturated carbocycles. The van der Waals surface area contributed by atoms with E-state index in [1.54, 1.807) is 24.3 Å². The van der Waals surface area contributed by atoms with Gasteiger partial charge in [-0.1, -0.05) is 44.9 Å². The molecule has 1 aliphatic carbocycles. The fraction of sp³-hybridized carbons (Fsp3) is 0.333. The molecule has 0 heterocycles. The average Bonchev–Trinajstić information content (AvgIpc) is 2.48. The van der Waals surface area contributed by atoms with Crippen LogP contribution in [0.1, 0.15) is 27.7 Å². The molecule has 1 atom stereocenters. The van der Waals surface area contributed by atoms with Crippen LogP contribution in [0.25, 0.3) is 0 Å². The second kappa shape index (κ2) is 11.6. The number of allylic oxidation sites excluding steroid dienone is 4. The first-order chi connectivity index (χ1) is 7.52. The van der Waals surface area contributed by atoms with E-state index in [2.05, 4.69) is 33.8 Å². The molecule has 1 N–H and O–H groups in total. The SMILES string of the molecule is CC1=[C-]C(C)C(C)=C1C.Cl.Cl.Oc1ccccc1.[Ti]. The quantitative estimate of drug-likeness (QED) is 0.525. The van der Waals surface area contributed by atoms with Gasteiger partial charge in [0.15, 0.2) is 0 Å². The molecule has 0 aromatic heterocycles. The van der Waals surface area contributed by atoms with E-state index in [0.717, 1.165) is 0 Å². The molecule has 0 spiro atoms. The van der Waals surface area contributed by atoms with Crippen molar-refractivity contribution < 1.29 is 26.8 Å². The Morgan fingerprint density at radius 3 is 1.63 bits per heavy atom. The molecule has 0 radical (unpaired) electrons. The molecule has 1 nitrogen and oxygen atoms in total. The van der Waals surface area contributed by atoms with Gasteiger partial charge in [-0.2, -0.15) is 11.1 Å². The maximum absolute atomic E-state index is 8.63. The molecular weight excluding hydrogens is 315 g/mol. The topological polar surface area (TPSA) is 20.2 Å². The Kier molecular flexibility index (Phi) is 14.6. The van der Waals surface area contributed by atoms with Gasteiger partial charge in [0.05, 0.1) is 0 Å². The van der Waals surface area contributed by atoms with E-state index in [9.17, 15) is 0 Å². The van der Waals surface area contributed by atoms with E-state index in [1.165, 1.54) is 16.7 Å². The predicted octanol–water partition coefficient (Wildman–Crippen LogP) is 4.96. The third-order valence-corrected chi connectivity index (χ3v) is 2.99. The molecule has 0 amide bonds. The van der Waals surface area contributed by atoms with Crippen LogP contribution >= 0.6 is 24.8 Å². The van der Waals surface area contributed by atoms with Gasteiger partial charge in [0, 0.05) is 21.7 Å². The van der Waals surface area contributed by atoms with Crippen LogP contribution in [-0.2, 0) is 21.7 Å². The van der Waals surface area contributed by atoms with Crippen molar-refractivity contribution in [1.82, 2.24) is 0 Å². The van der Waals surface area contributed by atoms with Crippen LogP contribution in [0.4, 0.5) is 0 Å². The summed E-state index contributed by atoms with van der Waals surface area (Å²) in [5.74, 6) is 0.882. The fourth-order valence-corrected chi connectivity index (χ4v) is 1.59. The maximum atomic E-state index is 8.63. The van der Waals surface area contributed by atoms with E-state index in [0.29, 0.717) is 11.7 Å². The Labute approximate surface area is 143 Å². The third kappa shape index (κ3) is 7.84. The molecule has 0 aliphatic heterocycles. The number of halogens is 2. The van der Waals surface area contributed by atoms with E-state index >= 15 is 0 Å². The minimum Gasteiger partial charge on any atom is -0.508 e. The number of para-hydroxylation sites is 1. The van der Waals surface area contributed by atoms with Gasteiger partial charge in [0.25, 0.3) is 0 Å². The minimum atomic E-state index is 0. The number of phenols is 1. The minimum absolute atomic E-state index is 0. The fourth-order valence-electron chi connectivity index (χ4n) is 1.59. The van der Waals surface area contributed by atoms with Crippen molar-refractivity contribution >= 4 is 24.8 Å². The predicted molar refractivity (Wildman–Crippen MR) is 82.6 cm³/mol. The molecule has 0 fully saturated rings. The molecule has 1 aromatic rings. The van der Waals surface area contributed by atoms with Gasteiger partial charge >= 0.3 is 0 Å². The summed E-state index contributed by atoms with van der Waals surface area (Å²) in [5.41, 5.74) is 4.25. The van der Waals surface area contributed by atoms with E-state index in [-0.39, 0.29) is 46.5 Å². The smallest absolute Gasteiger partial charge is 0.115 e. The van der Waals surface area contributed by atoms with Crippen LogP contribution in [-0.4, -0.2) is 5.11 Å². The largest absolute Gasteiger partial charge is 0.508 e. The van der Waals surface area contributed by atoms with Crippen LogP contribution in [0.3, 0.4) is 0 Å². The van der Waals surface area contributed by atoms with Crippen molar-refractivity contribution in [2.24, 2.45) is 5.92 Å². The second-order valence-electron chi connectivity index (χ2n) is 4.13. The van der Waals surface area contributed by atoms with Crippen molar-refractivity contribution in [3.63, 3.8) is 0 Å². The first kappa shape index (κ1) is 23.9. The van der Waals surface area contributed by atoms with Crippen molar-refractivity contribution in [3.8, 4) is 5.75 Å². The summed E-state index contributed by atoms with van der Waals surface area (Å²) in [6, 6.07) is 8.71. The van der Waals surface area contributed by atoms with Gasteiger partial charge in [-0.25, -0.2) is 5.57 Å². The van der Waals surface area contributed by atoms with Crippen molar-refractivity contribution in [3.05, 3.63) is 53.1 Å². The summed E-state index contributed by atoms with van der Waals surface area (Å²) in [6.07, 6.45) is 3.36. The Morgan fingerprint density at radius 1 is 1.00 bits per heavy atom. The molecule has 2 rings (SSSR count). The van der Waals surface area contributed by atoms with Crippen LogP contribution < -0.4 is 0 Å². The zero-order valence-electron chi connectivity index (χ0n) is 11.7. The molecule has 0 saturated heterocycles. The normalized spacial score (nSPS) is 16.0. The Morgan fingerprint density at radius 2 is 1.47 bits per heavy atom. The van der Waals surface area contributed by atoms with E-state index < -0.39 is 0 Å². The molecule has 1 aromatic carbocycles. The Balaban J connectivity index is -0.000000237. The van der Waals surface area contributed by atoms with E-state index in [1.807, 2.05) is 6.07 Å². The molecule has 1 aliphatic rings. The Hall–Kier alpha value is -0.206. The number of phenolic OH excluding ortho intramolecular Hbond substituents is 1. The number of benzene rings is 1. The van der Waals surface area contributed by atoms with Gasteiger partial charge in [-0.05, 0) is 12.1 Å². The molecule has 19 heavy (non-hydrogen) atoms. The molecular formula is C15H21Cl2OTi-. The van der Waals surface area contributed by atoms with Crippen LogP contribution in [0, 0.1) is 12.0 Å².